The molecular formula is C24H32N2O5. The molecule has 0 saturated carbocycles. The van der Waals surface area contributed by atoms with E-state index in [0.29, 0.717) is 31.7 Å². The van der Waals surface area contributed by atoms with Crippen LogP contribution in [0.5, 0.6) is 0 Å². The molecule has 2 N–H and O–H groups in total. The molecule has 0 unspecified atom stereocenters. The van der Waals surface area contributed by atoms with Crippen LogP contribution in [0.3, 0.4) is 0 Å². The zero-order valence-electron chi connectivity index (χ0n) is 17.9. The van der Waals surface area contributed by atoms with Crippen molar-refractivity contribution >= 4 is 17.8 Å². The van der Waals surface area contributed by atoms with Gasteiger partial charge in [-0.25, -0.2) is 0 Å². The first-order valence-corrected chi connectivity index (χ1v) is 11.1. The van der Waals surface area contributed by atoms with E-state index in [4.69, 9.17) is 9.47 Å². The smallest absolute Gasteiger partial charge is 0.309 e. The molecule has 2 aliphatic heterocycles. The van der Waals surface area contributed by atoms with E-state index in [9.17, 15) is 14.4 Å². The van der Waals surface area contributed by atoms with Gasteiger partial charge >= 0.3 is 5.97 Å². The zero-order chi connectivity index (χ0) is 21.9. The predicted molar refractivity (Wildman–Crippen MR) is 116 cm³/mol. The fourth-order valence-electron chi connectivity index (χ4n) is 3.82. The highest BCUT2D eigenvalue weighted by Gasteiger charge is 2.25. The maximum absolute atomic E-state index is 12.8. The largest absolute Gasteiger partial charge is 0.463 e. The van der Waals surface area contributed by atoms with Crippen LogP contribution in [0.15, 0.2) is 42.5 Å². The molecule has 1 saturated heterocycles. The highest BCUT2D eigenvalue weighted by molar-refractivity contribution is 5.83. The topological polar surface area (TPSA) is 93.7 Å². The van der Waals surface area contributed by atoms with E-state index < -0.39 is 17.9 Å². The average molecular weight is 429 g/mol. The third-order valence-electron chi connectivity index (χ3n) is 5.75. The first-order chi connectivity index (χ1) is 15.1. The Balaban J connectivity index is 1.59. The van der Waals surface area contributed by atoms with Crippen molar-refractivity contribution in [3.8, 4) is 0 Å². The zero-order valence-corrected chi connectivity index (χ0v) is 17.9. The van der Waals surface area contributed by atoms with Gasteiger partial charge in [-0.2, -0.15) is 0 Å². The van der Waals surface area contributed by atoms with Crippen molar-refractivity contribution in [1.82, 2.24) is 10.6 Å². The summed E-state index contributed by atoms with van der Waals surface area (Å²) in [6, 6.07) is 9.04. The summed E-state index contributed by atoms with van der Waals surface area (Å²) in [7, 11) is 0. The molecule has 0 spiro atoms. The fourth-order valence-corrected chi connectivity index (χ4v) is 3.82. The Bertz CT molecular complexity index is 758. The van der Waals surface area contributed by atoms with Crippen LogP contribution in [0.4, 0.5) is 0 Å². The number of cyclic esters (lactones) is 1. The Morgan fingerprint density at radius 2 is 1.87 bits per heavy atom. The molecule has 2 atom stereocenters. The highest BCUT2D eigenvalue weighted by Crippen LogP contribution is 2.19. The summed E-state index contributed by atoms with van der Waals surface area (Å²) in [6.07, 6.45) is 7.10. The second-order valence-electron chi connectivity index (χ2n) is 8.17. The molecule has 2 aliphatic rings. The summed E-state index contributed by atoms with van der Waals surface area (Å²) in [4.78, 5) is 37.5. The minimum Gasteiger partial charge on any atom is -0.463 e. The number of hydrogen-bond acceptors (Lipinski definition) is 5. The Kier molecular flexibility index (Phi) is 9.09. The first-order valence-electron chi connectivity index (χ1n) is 11.1. The third-order valence-corrected chi connectivity index (χ3v) is 5.75. The van der Waals surface area contributed by atoms with Crippen LogP contribution in [0.25, 0.3) is 0 Å². The van der Waals surface area contributed by atoms with E-state index in [-0.39, 0.29) is 24.8 Å². The molecule has 2 amide bonds. The average Bonchev–Trinajstić information content (AvgIpc) is 2.79. The number of allylic oxidation sites excluding steroid dienone is 2. The van der Waals surface area contributed by atoms with E-state index in [2.05, 4.69) is 10.6 Å². The maximum atomic E-state index is 12.8. The van der Waals surface area contributed by atoms with Gasteiger partial charge in [0.2, 0.25) is 11.8 Å². The number of ether oxygens (including phenoxy) is 2. The van der Waals surface area contributed by atoms with Crippen LogP contribution in [0.2, 0.25) is 0 Å². The number of benzene rings is 1. The van der Waals surface area contributed by atoms with Gasteiger partial charge in [0.15, 0.2) is 0 Å². The van der Waals surface area contributed by atoms with Crippen molar-refractivity contribution in [3.63, 3.8) is 0 Å². The highest BCUT2D eigenvalue weighted by atomic mass is 16.5. The molecule has 0 aliphatic carbocycles. The molecule has 3 rings (SSSR count). The molecule has 1 fully saturated rings. The van der Waals surface area contributed by atoms with Crippen molar-refractivity contribution in [1.29, 1.82) is 0 Å². The molecule has 168 valence electrons. The summed E-state index contributed by atoms with van der Waals surface area (Å²) in [5.41, 5.74) is 0.877. The van der Waals surface area contributed by atoms with Gasteiger partial charge in [0.1, 0.15) is 6.61 Å². The Labute approximate surface area is 183 Å². The van der Waals surface area contributed by atoms with E-state index in [1.807, 2.05) is 42.5 Å². The summed E-state index contributed by atoms with van der Waals surface area (Å²) < 4.78 is 10.9. The van der Waals surface area contributed by atoms with Gasteiger partial charge in [0.25, 0.3) is 0 Å². The van der Waals surface area contributed by atoms with Gasteiger partial charge in [-0.05, 0) is 37.2 Å². The second kappa shape index (κ2) is 12.2. The molecule has 1 aromatic carbocycles. The van der Waals surface area contributed by atoms with Crippen LogP contribution in [-0.2, 0) is 23.9 Å². The molecule has 2 heterocycles. The van der Waals surface area contributed by atoms with Crippen molar-refractivity contribution in [2.24, 2.45) is 11.8 Å². The van der Waals surface area contributed by atoms with Gasteiger partial charge in [-0.3, -0.25) is 14.4 Å². The van der Waals surface area contributed by atoms with Crippen LogP contribution in [-0.4, -0.2) is 44.1 Å². The lowest BCUT2D eigenvalue weighted by Crippen LogP contribution is -2.35. The van der Waals surface area contributed by atoms with Gasteiger partial charge in [-0.15, -0.1) is 0 Å². The van der Waals surface area contributed by atoms with E-state index in [1.54, 1.807) is 0 Å². The SMILES string of the molecule is O=C(C[C@@H]1CC=CCCC(=O)N[C@H](c2ccccc2)COC1=O)NCC1CCOCC1. The lowest BCUT2D eigenvalue weighted by atomic mass is 9.98. The van der Waals surface area contributed by atoms with Crippen LogP contribution < -0.4 is 10.6 Å². The quantitative estimate of drug-likeness (QED) is 0.556. The van der Waals surface area contributed by atoms with Crippen LogP contribution >= 0.6 is 0 Å². The number of esters is 1. The first kappa shape index (κ1) is 23.0. The number of rotatable bonds is 5. The minimum atomic E-state index is -0.544. The van der Waals surface area contributed by atoms with Crippen LogP contribution in [0.1, 0.15) is 50.1 Å². The van der Waals surface area contributed by atoms with Crippen LogP contribution in [0, 0.1) is 11.8 Å². The molecule has 1 aromatic rings. The summed E-state index contributed by atoms with van der Waals surface area (Å²) in [5, 5.41) is 5.91. The molecule has 0 radical (unpaired) electrons. The maximum Gasteiger partial charge on any atom is 0.309 e. The normalized spacial score (nSPS) is 23.7. The molecule has 0 bridgehead atoms. The number of carbonyl (C=O) groups is 3. The Morgan fingerprint density at radius 3 is 2.65 bits per heavy atom. The monoisotopic (exact) mass is 428 g/mol. The predicted octanol–water partition coefficient (Wildman–Crippen LogP) is 2.68. The second-order valence-corrected chi connectivity index (χ2v) is 8.17. The molecule has 31 heavy (non-hydrogen) atoms. The number of carbonyl (C=O) groups excluding carboxylic acids is 3. The van der Waals surface area contributed by atoms with Gasteiger partial charge in [-0.1, -0.05) is 42.5 Å². The number of hydrogen-bond donors (Lipinski definition) is 2. The molecule has 7 heteroatoms. The van der Waals surface area contributed by atoms with Crippen molar-refractivity contribution < 1.29 is 23.9 Å². The molecule has 0 aromatic heterocycles. The van der Waals surface area contributed by atoms with Crippen molar-refractivity contribution in [2.45, 2.75) is 44.6 Å². The Morgan fingerprint density at radius 1 is 1.10 bits per heavy atom. The van der Waals surface area contributed by atoms with Gasteiger partial charge in [0, 0.05) is 32.6 Å². The third kappa shape index (κ3) is 7.83. The lowest BCUT2D eigenvalue weighted by Gasteiger charge is -2.23. The van der Waals surface area contributed by atoms with E-state index in [0.717, 1.165) is 31.6 Å². The van der Waals surface area contributed by atoms with Crippen molar-refractivity contribution in [2.75, 3.05) is 26.4 Å². The number of amides is 2. The molecular weight excluding hydrogens is 396 g/mol. The Hall–Kier alpha value is -2.67. The van der Waals surface area contributed by atoms with Crippen molar-refractivity contribution in [3.05, 3.63) is 48.0 Å². The fraction of sp³-hybridized carbons (Fsp3) is 0.542. The van der Waals surface area contributed by atoms with E-state index >= 15 is 0 Å². The summed E-state index contributed by atoms with van der Waals surface area (Å²) >= 11 is 0. The number of nitrogens with one attached hydrogen (secondary N) is 2. The lowest BCUT2D eigenvalue weighted by molar-refractivity contribution is -0.151. The molecule has 7 nitrogen and oxygen atoms in total. The van der Waals surface area contributed by atoms with Gasteiger partial charge < -0.3 is 20.1 Å². The summed E-state index contributed by atoms with van der Waals surface area (Å²) in [5.74, 6) is -0.753. The van der Waals surface area contributed by atoms with E-state index in [1.165, 1.54) is 0 Å². The minimum absolute atomic E-state index is 0.0402. The standard InChI is InChI=1S/C24H32N2O5/c27-22-10-6-2-5-9-20(15-23(28)25-16-18-11-13-30-14-12-18)24(29)31-17-21(26-22)19-7-3-1-4-8-19/h1-5,7-8,18,20-21H,6,9-17H2,(H,25,28)(H,26,27)/t20-,21-/m0/s1. The summed E-state index contributed by atoms with van der Waals surface area (Å²) in [6.45, 7) is 2.12. The van der Waals surface area contributed by atoms with Gasteiger partial charge in [0.05, 0.1) is 12.0 Å².